The van der Waals surface area contributed by atoms with E-state index in [1.54, 1.807) is 41.3 Å². The van der Waals surface area contributed by atoms with Crippen LogP contribution in [0.1, 0.15) is 17.5 Å². The number of sulfone groups is 1. The second kappa shape index (κ2) is 7.43. The number of rotatable bonds is 3. The Labute approximate surface area is 163 Å². The smallest absolute Gasteiger partial charge is 0.250 e. The minimum absolute atomic E-state index is 0.200. The normalized spacial score (nSPS) is 14.5. The van der Waals surface area contributed by atoms with Gasteiger partial charge in [0.15, 0.2) is 9.84 Å². The summed E-state index contributed by atoms with van der Waals surface area (Å²) in [5.41, 5.74) is 2.19. The molecule has 2 aromatic carbocycles. The average molecular weight is 410 g/mol. The molecule has 1 aliphatic rings. The standard InChI is InChI=1S/C19H17Cl2NO3S/c1-26(24,25)14-7-9-18-13(12-14)4-3-11-22(18)19(23)10-8-15-16(20)5-2-6-17(15)21/h2,5-10,12H,3-4,11H2,1H3. The zero-order valence-corrected chi connectivity index (χ0v) is 16.4. The van der Waals surface area contributed by atoms with Gasteiger partial charge < -0.3 is 4.90 Å². The fourth-order valence-electron chi connectivity index (χ4n) is 2.95. The molecule has 0 aromatic heterocycles. The van der Waals surface area contributed by atoms with E-state index >= 15 is 0 Å². The number of amides is 1. The topological polar surface area (TPSA) is 54.5 Å². The number of fused-ring (bicyclic) bond motifs is 1. The molecule has 0 spiro atoms. The van der Waals surface area contributed by atoms with E-state index in [-0.39, 0.29) is 10.8 Å². The van der Waals surface area contributed by atoms with Crippen LogP contribution in [0, 0.1) is 0 Å². The van der Waals surface area contributed by atoms with Crippen LogP contribution in [0.25, 0.3) is 6.08 Å². The fraction of sp³-hybridized carbons (Fsp3) is 0.211. The fourth-order valence-corrected chi connectivity index (χ4v) is 4.14. The summed E-state index contributed by atoms with van der Waals surface area (Å²) in [6.45, 7) is 0.574. The van der Waals surface area contributed by atoms with Crippen molar-refractivity contribution in [1.82, 2.24) is 0 Å². The molecule has 0 bridgehead atoms. The molecule has 3 rings (SSSR count). The lowest BCUT2D eigenvalue weighted by Gasteiger charge is -2.29. The van der Waals surface area contributed by atoms with Crippen molar-refractivity contribution >= 4 is 50.7 Å². The summed E-state index contributed by atoms with van der Waals surface area (Å²) in [5.74, 6) is -0.200. The summed E-state index contributed by atoms with van der Waals surface area (Å²) in [7, 11) is -3.28. The first kappa shape index (κ1) is 19.0. The zero-order valence-electron chi connectivity index (χ0n) is 14.1. The van der Waals surface area contributed by atoms with Gasteiger partial charge in [0.1, 0.15) is 0 Å². The summed E-state index contributed by atoms with van der Waals surface area (Å²) in [6, 6.07) is 10.0. The summed E-state index contributed by atoms with van der Waals surface area (Å²) >= 11 is 12.2. The Morgan fingerprint density at radius 2 is 1.85 bits per heavy atom. The van der Waals surface area contributed by atoms with Crippen molar-refractivity contribution in [2.75, 3.05) is 17.7 Å². The second-order valence-corrected chi connectivity index (χ2v) is 8.95. The number of halogens is 2. The lowest BCUT2D eigenvalue weighted by molar-refractivity contribution is -0.114. The van der Waals surface area contributed by atoms with Crippen LogP contribution in [-0.2, 0) is 21.1 Å². The molecule has 0 aliphatic carbocycles. The minimum atomic E-state index is -3.28. The van der Waals surface area contributed by atoms with Gasteiger partial charge in [0, 0.05) is 40.2 Å². The van der Waals surface area contributed by atoms with Gasteiger partial charge in [0.2, 0.25) is 0 Å². The van der Waals surface area contributed by atoms with Crippen LogP contribution in [0.3, 0.4) is 0 Å². The van der Waals surface area contributed by atoms with Gasteiger partial charge in [0.05, 0.1) is 4.90 Å². The molecule has 0 radical (unpaired) electrons. The summed E-state index contributed by atoms with van der Waals surface area (Å²) in [6.07, 6.45) is 5.73. The third-order valence-electron chi connectivity index (χ3n) is 4.26. The third kappa shape index (κ3) is 3.95. The van der Waals surface area contributed by atoms with Gasteiger partial charge in [-0.15, -0.1) is 0 Å². The van der Waals surface area contributed by atoms with Crippen LogP contribution in [0.5, 0.6) is 0 Å². The van der Waals surface area contributed by atoms with Crippen molar-refractivity contribution in [3.63, 3.8) is 0 Å². The van der Waals surface area contributed by atoms with Gasteiger partial charge in [-0.25, -0.2) is 8.42 Å². The van der Waals surface area contributed by atoms with Crippen LogP contribution in [0.15, 0.2) is 47.4 Å². The second-order valence-electron chi connectivity index (χ2n) is 6.12. The average Bonchev–Trinajstić information content (AvgIpc) is 2.59. The molecule has 4 nitrogen and oxygen atoms in total. The quantitative estimate of drug-likeness (QED) is 0.706. The maximum Gasteiger partial charge on any atom is 0.250 e. The van der Waals surface area contributed by atoms with E-state index in [2.05, 4.69) is 0 Å². The molecule has 26 heavy (non-hydrogen) atoms. The molecule has 136 valence electrons. The Morgan fingerprint density at radius 1 is 1.15 bits per heavy atom. The molecular formula is C19H17Cl2NO3S. The van der Waals surface area contributed by atoms with E-state index < -0.39 is 9.84 Å². The maximum absolute atomic E-state index is 12.7. The van der Waals surface area contributed by atoms with Crippen LogP contribution in [0.2, 0.25) is 10.0 Å². The first-order valence-corrected chi connectivity index (χ1v) is 10.7. The molecule has 1 amide bonds. The Hall–Kier alpha value is -1.82. The molecule has 1 heterocycles. The van der Waals surface area contributed by atoms with Gasteiger partial charge in [-0.2, -0.15) is 0 Å². The van der Waals surface area contributed by atoms with Crippen molar-refractivity contribution < 1.29 is 13.2 Å². The number of hydrogen-bond acceptors (Lipinski definition) is 3. The van der Waals surface area contributed by atoms with E-state index in [0.29, 0.717) is 22.2 Å². The van der Waals surface area contributed by atoms with Crippen molar-refractivity contribution in [1.29, 1.82) is 0 Å². The maximum atomic E-state index is 12.7. The number of aryl methyl sites for hydroxylation is 1. The van der Waals surface area contributed by atoms with E-state index in [0.717, 1.165) is 24.1 Å². The van der Waals surface area contributed by atoms with Crippen LogP contribution in [0.4, 0.5) is 5.69 Å². The van der Waals surface area contributed by atoms with Crippen molar-refractivity contribution in [3.05, 3.63) is 63.6 Å². The Morgan fingerprint density at radius 3 is 2.50 bits per heavy atom. The first-order chi connectivity index (χ1) is 12.3. The zero-order chi connectivity index (χ0) is 18.9. The molecule has 7 heteroatoms. The van der Waals surface area contributed by atoms with Gasteiger partial charge >= 0.3 is 0 Å². The molecule has 0 N–H and O–H groups in total. The van der Waals surface area contributed by atoms with Crippen molar-refractivity contribution in [3.8, 4) is 0 Å². The van der Waals surface area contributed by atoms with Gasteiger partial charge in [-0.3, -0.25) is 4.79 Å². The Kier molecular flexibility index (Phi) is 5.42. The summed E-state index contributed by atoms with van der Waals surface area (Å²) in [5, 5.41) is 0.941. The molecule has 2 aromatic rings. The van der Waals surface area contributed by atoms with E-state index in [1.165, 1.54) is 18.4 Å². The van der Waals surface area contributed by atoms with Crippen molar-refractivity contribution in [2.45, 2.75) is 17.7 Å². The molecule has 0 unspecified atom stereocenters. The minimum Gasteiger partial charge on any atom is -0.309 e. The highest BCUT2D eigenvalue weighted by Gasteiger charge is 2.22. The summed E-state index contributed by atoms with van der Waals surface area (Å²) < 4.78 is 23.5. The lowest BCUT2D eigenvalue weighted by Crippen LogP contribution is -2.34. The molecular weight excluding hydrogens is 393 g/mol. The summed E-state index contributed by atoms with van der Waals surface area (Å²) in [4.78, 5) is 14.6. The van der Waals surface area contributed by atoms with Gasteiger partial charge in [-0.05, 0) is 54.8 Å². The Balaban J connectivity index is 1.90. The Bertz CT molecular complexity index is 980. The molecule has 0 saturated carbocycles. The number of nitrogens with zero attached hydrogens (tertiary/aromatic N) is 1. The number of carbonyl (C=O) groups excluding carboxylic acids is 1. The molecule has 0 atom stereocenters. The lowest BCUT2D eigenvalue weighted by atomic mass is 10.0. The highest BCUT2D eigenvalue weighted by Crippen LogP contribution is 2.30. The first-order valence-electron chi connectivity index (χ1n) is 8.04. The largest absolute Gasteiger partial charge is 0.309 e. The highest BCUT2D eigenvalue weighted by molar-refractivity contribution is 7.90. The van der Waals surface area contributed by atoms with E-state index in [4.69, 9.17) is 23.2 Å². The number of carbonyl (C=O) groups is 1. The number of hydrogen-bond donors (Lipinski definition) is 0. The molecule has 0 saturated heterocycles. The molecule has 1 aliphatic heterocycles. The van der Waals surface area contributed by atoms with Crippen LogP contribution in [-0.4, -0.2) is 27.1 Å². The number of anilines is 1. The monoisotopic (exact) mass is 409 g/mol. The van der Waals surface area contributed by atoms with Gasteiger partial charge in [-0.1, -0.05) is 29.3 Å². The van der Waals surface area contributed by atoms with E-state index in [1.807, 2.05) is 0 Å². The SMILES string of the molecule is CS(=O)(=O)c1ccc2c(c1)CCCN2C(=O)C=Cc1c(Cl)cccc1Cl. The van der Waals surface area contributed by atoms with Crippen LogP contribution >= 0.6 is 23.2 Å². The predicted molar refractivity (Wildman–Crippen MR) is 106 cm³/mol. The highest BCUT2D eigenvalue weighted by atomic mass is 35.5. The molecule has 0 fully saturated rings. The van der Waals surface area contributed by atoms with Crippen LogP contribution < -0.4 is 4.90 Å². The van der Waals surface area contributed by atoms with Crippen molar-refractivity contribution in [2.24, 2.45) is 0 Å². The van der Waals surface area contributed by atoms with E-state index in [9.17, 15) is 13.2 Å². The predicted octanol–water partition coefficient (Wildman–Crippen LogP) is 4.39. The number of benzene rings is 2. The van der Waals surface area contributed by atoms with Gasteiger partial charge in [0.25, 0.3) is 5.91 Å². The third-order valence-corrected chi connectivity index (χ3v) is 6.03.